The smallest absolute Gasteiger partial charge is 0.242 e. The average Bonchev–Trinajstić information content (AvgIpc) is 2.84. The third kappa shape index (κ3) is 9.25. The minimum atomic E-state index is -3.53. The second kappa shape index (κ2) is 14.2. The molecule has 2 rings (SSSR count). The van der Waals surface area contributed by atoms with E-state index in [4.69, 9.17) is 16.3 Å². The van der Waals surface area contributed by atoms with E-state index in [1.54, 1.807) is 50.1 Å². The molecule has 2 aromatic rings. The van der Waals surface area contributed by atoms with E-state index in [0.29, 0.717) is 37.6 Å². The minimum absolute atomic E-state index is 0.175. The summed E-state index contributed by atoms with van der Waals surface area (Å²) in [6.07, 6.45) is 1.27. The molecule has 2 aromatic carbocycles. The lowest BCUT2D eigenvalue weighted by molar-refractivity contribution is -0.140. The number of carbonyl (C=O) groups excluding carboxylic acids is 2. The zero-order valence-electron chi connectivity index (χ0n) is 20.4. The number of hydrogen-bond acceptors (Lipinski definition) is 5. The van der Waals surface area contributed by atoms with Gasteiger partial charge in [0.15, 0.2) is 0 Å². The van der Waals surface area contributed by atoms with Crippen LogP contribution in [0.2, 0.25) is 5.02 Å². The van der Waals surface area contributed by atoms with Gasteiger partial charge in [-0.05, 0) is 55.2 Å². The topological polar surface area (TPSA) is 105 Å². The molecule has 2 N–H and O–H groups in total. The Morgan fingerprint density at radius 1 is 1.06 bits per heavy atom. The molecule has 0 saturated heterocycles. The van der Waals surface area contributed by atoms with E-state index >= 15 is 0 Å². The van der Waals surface area contributed by atoms with E-state index in [1.807, 2.05) is 12.1 Å². The fraction of sp³-hybridized carbons (Fsp3) is 0.440. The maximum atomic E-state index is 13.2. The highest BCUT2D eigenvalue weighted by molar-refractivity contribution is 7.89. The standard InChI is InChI=1S/C25H34ClN3O5S/c1-4-28-35(32,33)23-13-8-20(9-14-23)10-15-24(30)29(18-21-6-11-22(26)12-7-21)19(2)25(31)27-16-5-17-34-3/h6-9,11-14,19,28H,4-5,10,15-18H2,1-3H3,(H,27,31). The van der Waals surface area contributed by atoms with Crippen LogP contribution in [-0.2, 0) is 37.3 Å². The SMILES string of the molecule is CCNS(=O)(=O)c1ccc(CCC(=O)N(Cc2ccc(Cl)cc2)C(C)C(=O)NCCCOC)cc1. The Bertz CT molecular complexity index is 1060. The molecule has 8 nitrogen and oxygen atoms in total. The van der Waals surface area contributed by atoms with Crippen molar-refractivity contribution in [3.63, 3.8) is 0 Å². The van der Waals surface area contributed by atoms with Crippen molar-refractivity contribution in [1.29, 1.82) is 0 Å². The van der Waals surface area contributed by atoms with Crippen LogP contribution in [0.4, 0.5) is 0 Å². The van der Waals surface area contributed by atoms with Crippen LogP contribution >= 0.6 is 11.6 Å². The van der Waals surface area contributed by atoms with Gasteiger partial charge in [0.05, 0.1) is 4.90 Å². The first-order valence-electron chi connectivity index (χ1n) is 11.6. The molecule has 0 aliphatic rings. The highest BCUT2D eigenvalue weighted by Crippen LogP contribution is 2.16. The quantitative estimate of drug-likeness (QED) is 0.370. The predicted octanol–water partition coefficient (Wildman–Crippen LogP) is 3.14. The molecule has 0 aromatic heterocycles. The summed E-state index contributed by atoms with van der Waals surface area (Å²) in [7, 11) is -1.93. The fourth-order valence-electron chi connectivity index (χ4n) is 3.45. The van der Waals surface area contributed by atoms with Crippen molar-refractivity contribution in [1.82, 2.24) is 14.9 Å². The molecule has 0 fully saturated rings. The largest absolute Gasteiger partial charge is 0.385 e. The van der Waals surface area contributed by atoms with Crippen molar-refractivity contribution in [2.75, 3.05) is 26.8 Å². The summed E-state index contributed by atoms with van der Waals surface area (Å²) >= 11 is 5.98. The van der Waals surface area contributed by atoms with Crippen LogP contribution in [0.3, 0.4) is 0 Å². The number of amides is 2. The Morgan fingerprint density at radius 3 is 2.29 bits per heavy atom. The van der Waals surface area contributed by atoms with Crippen LogP contribution < -0.4 is 10.0 Å². The third-order valence-electron chi connectivity index (χ3n) is 5.45. The fourth-order valence-corrected chi connectivity index (χ4v) is 4.62. The Morgan fingerprint density at radius 2 is 1.69 bits per heavy atom. The van der Waals surface area contributed by atoms with Crippen LogP contribution in [0.1, 0.15) is 37.8 Å². The molecule has 0 bridgehead atoms. The first-order valence-corrected chi connectivity index (χ1v) is 13.4. The molecule has 2 amide bonds. The number of benzene rings is 2. The zero-order valence-corrected chi connectivity index (χ0v) is 22.0. The summed E-state index contributed by atoms with van der Waals surface area (Å²) in [6, 6.07) is 12.9. The van der Waals surface area contributed by atoms with Crippen molar-refractivity contribution in [3.8, 4) is 0 Å². The van der Waals surface area contributed by atoms with Crippen molar-refractivity contribution in [2.45, 2.75) is 50.6 Å². The van der Waals surface area contributed by atoms with Gasteiger partial charge in [0, 0.05) is 44.8 Å². The van der Waals surface area contributed by atoms with Gasteiger partial charge in [-0.2, -0.15) is 0 Å². The molecular formula is C25H34ClN3O5S. The lowest BCUT2D eigenvalue weighted by Crippen LogP contribution is -2.48. The third-order valence-corrected chi connectivity index (χ3v) is 7.27. The van der Waals surface area contributed by atoms with Crippen molar-refractivity contribution >= 4 is 33.4 Å². The van der Waals surface area contributed by atoms with E-state index in [-0.39, 0.29) is 29.7 Å². The van der Waals surface area contributed by atoms with Gasteiger partial charge in [-0.25, -0.2) is 13.1 Å². The molecule has 0 aliphatic carbocycles. The van der Waals surface area contributed by atoms with Crippen LogP contribution in [0, 0.1) is 0 Å². The number of methoxy groups -OCH3 is 1. The predicted molar refractivity (Wildman–Crippen MR) is 137 cm³/mol. The lowest BCUT2D eigenvalue weighted by Gasteiger charge is -2.29. The molecule has 1 atom stereocenters. The number of aryl methyl sites for hydroxylation is 1. The summed E-state index contributed by atoms with van der Waals surface area (Å²) in [5.41, 5.74) is 1.69. The van der Waals surface area contributed by atoms with Crippen molar-refractivity contribution < 1.29 is 22.7 Å². The summed E-state index contributed by atoms with van der Waals surface area (Å²) in [5, 5.41) is 3.45. The van der Waals surface area contributed by atoms with Crippen LogP contribution in [0.25, 0.3) is 0 Å². The van der Waals surface area contributed by atoms with E-state index in [2.05, 4.69) is 10.0 Å². The maximum Gasteiger partial charge on any atom is 0.242 e. The summed E-state index contributed by atoms with van der Waals surface area (Å²) in [4.78, 5) is 27.7. The number of halogens is 1. The molecule has 192 valence electrons. The summed E-state index contributed by atoms with van der Waals surface area (Å²) in [5.74, 6) is -0.412. The van der Waals surface area contributed by atoms with Crippen molar-refractivity contribution in [3.05, 3.63) is 64.7 Å². The van der Waals surface area contributed by atoms with E-state index in [0.717, 1.165) is 11.1 Å². The Hall–Kier alpha value is -2.46. The van der Waals surface area contributed by atoms with Crippen LogP contribution in [-0.4, -0.2) is 58.0 Å². The van der Waals surface area contributed by atoms with Gasteiger partial charge in [0.25, 0.3) is 0 Å². The number of hydrogen-bond donors (Lipinski definition) is 2. The molecule has 1 unspecified atom stereocenters. The Balaban J connectivity index is 2.09. The first kappa shape index (κ1) is 28.8. The van der Waals surface area contributed by atoms with Crippen LogP contribution in [0.5, 0.6) is 0 Å². The highest BCUT2D eigenvalue weighted by Gasteiger charge is 2.26. The first-order chi connectivity index (χ1) is 16.7. The minimum Gasteiger partial charge on any atom is -0.385 e. The van der Waals surface area contributed by atoms with Crippen molar-refractivity contribution in [2.24, 2.45) is 0 Å². The monoisotopic (exact) mass is 523 g/mol. The van der Waals surface area contributed by atoms with Gasteiger partial charge in [0.1, 0.15) is 6.04 Å². The van der Waals surface area contributed by atoms with Gasteiger partial charge >= 0.3 is 0 Å². The molecule has 0 radical (unpaired) electrons. The number of sulfonamides is 1. The van der Waals surface area contributed by atoms with E-state index in [9.17, 15) is 18.0 Å². The van der Waals surface area contributed by atoms with Gasteiger partial charge in [-0.1, -0.05) is 42.8 Å². The second-order valence-electron chi connectivity index (χ2n) is 8.11. The molecule has 10 heteroatoms. The number of ether oxygens (including phenoxy) is 1. The average molecular weight is 524 g/mol. The maximum absolute atomic E-state index is 13.2. The number of carbonyl (C=O) groups is 2. The van der Waals surface area contributed by atoms with Gasteiger partial charge in [-0.3, -0.25) is 9.59 Å². The zero-order chi connectivity index (χ0) is 25.8. The molecule has 0 saturated carbocycles. The normalized spacial score (nSPS) is 12.2. The molecular weight excluding hydrogens is 490 g/mol. The highest BCUT2D eigenvalue weighted by atomic mass is 35.5. The molecule has 0 heterocycles. The Labute approximate surface area is 213 Å². The van der Waals surface area contributed by atoms with Gasteiger partial charge in [0.2, 0.25) is 21.8 Å². The van der Waals surface area contributed by atoms with Gasteiger partial charge < -0.3 is 15.0 Å². The van der Waals surface area contributed by atoms with Crippen LogP contribution in [0.15, 0.2) is 53.4 Å². The Kier molecular flexibility index (Phi) is 11.7. The number of rotatable bonds is 14. The molecule has 35 heavy (non-hydrogen) atoms. The van der Waals surface area contributed by atoms with Gasteiger partial charge in [-0.15, -0.1) is 0 Å². The second-order valence-corrected chi connectivity index (χ2v) is 10.3. The number of nitrogens with zero attached hydrogens (tertiary/aromatic N) is 1. The van der Waals surface area contributed by atoms with E-state index in [1.165, 1.54) is 12.1 Å². The lowest BCUT2D eigenvalue weighted by atomic mass is 10.1. The summed E-state index contributed by atoms with van der Waals surface area (Å²) in [6.45, 7) is 5.00. The molecule has 0 aliphatic heterocycles. The van der Waals surface area contributed by atoms with E-state index < -0.39 is 16.1 Å². The summed E-state index contributed by atoms with van der Waals surface area (Å²) < 4.78 is 31.7. The molecule has 0 spiro atoms. The number of nitrogens with one attached hydrogen (secondary N) is 2.